The third kappa shape index (κ3) is 4.96. The Labute approximate surface area is 218 Å². The van der Waals surface area contributed by atoms with Crippen molar-refractivity contribution < 1.29 is 22.8 Å². The molecule has 3 aromatic rings. The molecule has 11 heteroatoms. The van der Waals surface area contributed by atoms with Gasteiger partial charge in [-0.2, -0.15) is 0 Å². The van der Waals surface area contributed by atoms with Crippen LogP contribution in [0.2, 0.25) is 10.0 Å². The minimum atomic E-state index is -1.42. The SMILES string of the molecule is Cc1c(F)ccc(NC(=O)c2cc(NC(=O)[C@H]3[C@H](c4ccc(Cl)c(Cl)c4)C3(Cl)Cl)ccc2F)c1F. The molecule has 4 rings (SSSR count). The number of amides is 2. The minimum absolute atomic E-state index is 0.0845. The van der Waals surface area contributed by atoms with Gasteiger partial charge in [-0.1, -0.05) is 29.3 Å². The van der Waals surface area contributed by atoms with E-state index in [0.29, 0.717) is 10.6 Å². The van der Waals surface area contributed by atoms with Gasteiger partial charge >= 0.3 is 0 Å². The van der Waals surface area contributed by atoms with Crippen LogP contribution in [-0.2, 0) is 4.79 Å². The number of rotatable bonds is 5. The van der Waals surface area contributed by atoms with Gasteiger partial charge in [-0.25, -0.2) is 13.2 Å². The van der Waals surface area contributed by atoms with Gasteiger partial charge in [0.1, 0.15) is 16.0 Å². The topological polar surface area (TPSA) is 58.2 Å². The molecule has 1 fully saturated rings. The highest BCUT2D eigenvalue weighted by atomic mass is 35.5. The fourth-order valence-corrected chi connectivity index (χ4v) is 4.85. The van der Waals surface area contributed by atoms with Crippen molar-refractivity contribution >= 4 is 69.6 Å². The maximum atomic E-state index is 14.4. The van der Waals surface area contributed by atoms with Crippen LogP contribution in [0.25, 0.3) is 0 Å². The smallest absolute Gasteiger partial charge is 0.258 e. The number of nitrogens with one attached hydrogen (secondary N) is 2. The molecule has 4 nitrogen and oxygen atoms in total. The Morgan fingerprint density at radius 1 is 0.886 bits per heavy atom. The first kappa shape index (κ1) is 25.6. The van der Waals surface area contributed by atoms with Crippen molar-refractivity contribution in [3.63, 3.8) is 0 Å². The second-order valence-electron chi connectivity index (χ2n) is 7.98. The van der Waals surface area contributed by atoms with Crippen LogP contribution in [0.4, 0.5) is 24.5 Å². The molecule has 2 N–H and O–H groups in total. The number of alkyl halides is 2. The van der Waals surface area contributed by atoms with Crippen molar-refractivity contribution in [1.29, 1.82) is 0 Å². The first-order valence-corrected chi connectivity index (χ1v) is 11.6. The molecular weight excluding hydrogens is 547 g/mol. The highest BCUT2D eigenvalue weighted by Gasteiger charge is 2.67. The molecule has 0 aliphatic heterocycles. The van der Waals surface area contributed by atoms with Crippen molar-refractivity contribution in [3.05, 3.63) is 92.7 Å². The van der Waals surface area contributed by atoms with Crippen LogP contribution in [0.1, 0.15) is 27.4 Å². The lowest BCUT2D eigenvalue weighted by Crippen LogP contribution is -2.19. The molecule has 0 saturated heterocycles. The molecule has 35 heavy (non-hydrogen) atoms. The monoisotopic (exact) mass is 560 g/mol. The summed E-state index contributed by atoms with van der Waals surface area (Å²) in [4.78, 5) is 25.5. The summed E-state index contributed by atoms with van der Waals surface area (Å²) in [5.41, 5.74) is -0.388. The molecule has 1 saturated carbocycles. The maximum absolute atomic E-state index is 14.4. The van der Waals surface area contributed by atoms with Crippen molar-refractivity contribution in [3.8, 4) is 0 Å². The lowest BCUT2D eigenvalue weighted by Gasteiger charge is -2.11. The molecule has 0 heterocycles. The van der Waals surface area contributed by atoms with Crippen molar-refractivity contribution in [2.45, 2.75) is 17.2 Å². The number of carbonyl (C=O) groups is 2. The van der Waals surface area contributed by atoms with Gasteiger partial charge in [0.05, 0.1) is 27.2 Å². The van der Waals surface area contributed by atoms with Crippen molar-refractivity contribution in [2.24, 2.45) is 5.92 Å². The van der Waals surface area contributed by atoms with Gasteiger partial charge in [-0.3, -0.25) is 9.59 Å². The van der Waals surface area contributed by atoms with Gasteiger partial charge in [-0.15, -0.1) is 23.2 Å². The summed E-state index contributed by atoms with van der Waals surface area (Å²) < 4.78 is 40.7. The summed E-state index contributed by atoms with van der Waals surface area (Å²) in [6.07, 6.45) is 0. The molecular formula is C24H15Cl4F3N2O2. The third-order valence-corrected chi connectivity index (χ3v) is 7.37. The summed E-state index contributed by atoms with van der Waals surface area (Å²) in [7, 11) is 0. The standard InChI is InChI=1S/C24H15Cl4F3N2O2/c1-10-16(29)6-7-18(21(10)31)33-22(34)13-9-12(3-5-17(13)30)32-23(35)20-19(24(20,27)28)11-2-4-14(25)15(26)8-11/h2-9,19-20H,1H3,(H,32,35)(H,33,34)/t19-,20+/m0/s1. The van der Waals surface area contributed by atoms with E-state index in [9.17, 15) is 22.8 Å². The largest absolute Gasteiger partial charge is 0.326 e. The van der Waals surface area contributed by atoms with Crippen LogP contribution in [0.3, 0.4) is 0 Å². The summed E-state index contributed by atoms with van der Waals surface area (Å²) in [5, 5.41) is 5.38. The molecule has 2 amide bonds. The molecule has 182 valence electrons. The van der Waals surface area contributed by atoms with Gasteiger partial charge in [0, 0.05) is 17.2 Å². The van der Waals surface area contributed by atoms with E-state index in [2.05, 4.69) is 10.6 Å². The van der Waals surface area contributed by atoms with Gasteiger partial charge in [0.15, 0.2) is 5.82 Å². The number of anilines is 2. The molecule has 3 aromatic carbocycles. The Morgan fingerprint density at radius 3 is 2.26 bits per heavy atom. The van der Waals surface area contributed by atoms with Gasteiger partial charge in [-0.05, 0) is 55.0 Å². The fourth-order valence-electron chi connectivity index (χ4n) is 3.72. The molecule has 0 spiro atoms. The summed E-state index contributed by atoms with van der Waals surface area (Å²) in [6.45, 7) is 1.20. The Kier molecular flexibility index (Phi) is 6.99. The molecule has 0 unspecified atom stereocenters. The van der Waals surface area contributed by atoms with Gasteiger partial charge < -0.3 is 10.6 Å². The molecule has 1 aliphatic carbocycles. The number of benzene rings is 3. The molecule has 2 atom stereocenters. The van der Waals surface area contributed by atoms with E-state index in [1.54, 1.807) is 18.2 Å². The molecule has 0 radical (unpaired) electrons. The normalized spacial score (nSPS) is 18.2. The molecule has 0 aromatic heterocycles. The zero-order valence-electron chi connectivity index (χ0n) is 17.7. The fraction of sp³-hybridized carbons (Fsp3) is 0.167. The Bertz CT molecular complexity index is 1370. The van der Waals surface area contributed by atoms with E-state index >= 15 is 0 Å². The Hall–Kier alpha value is -2.45. The van der Waals surface area contributed by atoms with Gasteiger partial charge in [0.2, 0.25) is 5.91 Å². The Morgan fingerprint density at radius 2 is 1.57 bits per heavy atom. The average molecular weight is 562 g/mol. The highest BCUT2D eigenvalue weighted by Crippen LogP contribution is 2.65. The summed E-state index contributed by atoms with van der Waals surface area (Å²) in [5.74, 6) is -5.67. The van der Waals surface area contributed by atoms with E-state index in [1.807, 2.05) is 0 Å². The zero-order chi connectivity index (χ0) is 25.7. The number of carbonyl (C=O) groups excluding carboxylic acids is 2. The predicted octanol–water partition coefficient (Wildman–Crippen LogP) is 7.50. The van der Waals surface area contributed by atoms with Crippen LogP contribution in [0.15, 0.2) is 48.5 Å². The molecule has 1 aliphatic rings. The highest BCUT2D eigenvalue weighted by molar-refractivity contribution is 6.53. The number of hydrogen-bond acceptors (Lipinski definition) is 2. The Balaban J connectivity index is 1.52. The van der Waals surface area contributed by atoms with E-state index in [0.717, 1.165) is 24.3 Å². The second kappa shape index (κ2) is 9.54. The first-order chi connectivity index (χ1) is 16.4. The summed E-state index contributed by atoms with van der Waals surface area (Å²) >= 11 is 24.7. The maximum Gasteiger partial charge on any atom is 0.258 e. The quantitative estimate of drug-likeness (QED) is 0.317. The van der Waals surface area contributed by atoms with Crippen LogP contribution >= 0.6 is 46.4 Å². The lowest BCUT2D eigenvalue weighted by molar-refractivity contribution is -0.117. The number of hydrogen-bond donors (Lipinski definition) is 2. The van der Waals surface area contributed by atoms with Crippen LogP contribution in [0.5, 0.6) is 0 Å². The van der Waals surface area contributed by atoms with Crippen molar-refractivity contribution in [1.82, 2.24) is 0 Å². The van der Waals surface area contributed by atoms with E-state index in [-0.39, 0.29) is 22.0 Å². The number of halogens is 7. The van der Waals surface area contributed by atoms with E-state index in [4.69, 9.17) is 46.4 Å². The predicted molar refractivity (Wildman–Crippen MR) is 131 cm³/mol. The average Bonchev–Trinajstić information content (AvgIpc) is 3.39. The second-order valence-corrected chi connectivity index (χ2v) is 10.2. The van der Waals surface area contributed by atoms with Crippen LogP contribution in [-0.4, -0.2) is 16.1 Å². The van der Waals surface area contributed by atoms with Crippen LogP contribution in [0, 0.1) is 30.3 Å². The lowest BCUT2D eigenvalue weighted by atomic mass is 10.1. The van der Waals surface area contributed by atoms with Crippen molar-refractivity contribution in [2.75, 3.05) is 10.6 Å². The molecule has 0 bridgehead atoms. The van der Waals surface area contributed by atoms with E-state index < -0.39 is 51.0 Å². The first-order valence-electron chi connectivity index (χ1n) is 10.1. The van der Waals surface area contributed by atoms with E-state index in [1.165, 1.54) is 13.0 Å². The minimum Gasteiger partial charge on any atom is -0.326 e. The third-order valence-electron chi connectivity index (χ3n) is 5.69. The summed E-state index contributed by atoms with van der Waals surface area (Å²) in [6, 6.07) is 10.1. The van der Waals surface area contributed by atoms with Crippen LogP contribution < -0.4 is 10.6 Å². The zero-order valence-corrected chi connectivity index (χ0v) is 20.8. The van der Waals surface area contributed by atoms with Gasteiger partial charge in [0.25, 0.3) is 5.91 Å².